The van der Waals surface area contributed by atoms with Crippen LogP contribution in [0.25, 0.3) is 11.1 Å². The maximum Gasteiger partial charge on any atom is 0.343 e. The molecule has 0 radical (unpaired) electrons. The molecule has 0 aliphatic rings. The lowest BCUT2D eigenvalue weighted by Crippen LogP contribution is -2.08. The number of ether oxygens (including phenoxy) is 1. The van der Waals surface area contributed by atoms with Gasteiger partial charge in [-0.3, -0.25) is 0 Å². The van der Waals surface area contributed by atoms with Crippen LogP contribution in [-0.2, 0) is 6.42 Å². The van der Waals surface area contributed by atoms with Gasteiger partial charge >= 0.3 is 5.97 Å². The molecular weight excluding hydrogens is 322 g/mol. The molecule has 3 rings (SSSR count). The second-order valence-electron chi connectivity index (χ2n) is 5.33. The molecule has 120 valence electrons. The summed E-state index contributed by atoms with van der Waals surface area (Å²) in [5.74, 6) is -0.0596. The first-order valence-electron chi connectivity index (χ1n) is 7.69. The molecule has 1 heterocycles. The standard InChI is InChI=1S/C20H16ClNO2/c1-2-14-3-5-15(6-4-14)16-7-9-17(10-8-16)20(23)24-18-11-12-19(21)22-13-18/h3-13H,2H2,1H3. The van der Waals surface area contributed by atoms with Crippen LogP contribution in [0.2, 0.25) is 5.15 Å². The minimum Gasteiger partial charge on any atom is -0.421 e. The Labute approximate surface area is 145 Å². The van der Waals surface area contributed by atoms with Crippen molar-refractivity contribution in [3.05, 3.63) is 83.1 Å². The minimum absolute atomic E-state index is 0.355. The van der Waals surface area contributed by atoms with Gasteiger partial charge in [0.25, 0.3) is 0 Å². The van der Waals surface area contributed by atoms with Gasteiger partial charge in [-0.05, 0) is 47.4 Å². The lowest BCUT2D eigenvalue weighted by Gasteiger charge is -2.06. The highest BCUT2D eigenvalue weighted by atomic mass is 35.5. The van der Waals surface area contributed by atoms with E-state index >= 15 is 0 Å². The Morgan fingerprint density at radius 2 is 1.58 bits per heavy atom. The number of esters is 1. The predicted octanol–water partition coefficient (Wildman–Crippen LogP) is 5.18. The summed E-state index contributed by atoms with van der Waals surface area (Å²) in [4.78, 5) is 16.0. The molecule has 0 bridgehead atoms. The van der Waals surface area contributed by atoms with Crippen LogP contribution in [0.1, 0.15) is 22.8 Å². The highest BCUT2D eigenvalue weighted by molar-refractivity contribution is 6.29. The van der Waals surface area contributed by atoms with Gasteiger partial charge in [0.2, 0.25) is 0 Å². The molecule has 0 saturated heterocycles. The highest BCUT2D eigenvalue weighted by Crippen LogP contribution is 2.21. The number of pyridine rings is 1. The fourth-order valence-corrected chi connectivity index (χ4v) is 2.43. The largest absolute Gasteiger partial charge is 0.421 e. The van der Waals surface area contributed by atoms with Gasteiger partial charge in [-0.2, -0.15) is 0 Å². The zero-order valence-electron chi connectivity index (χ0n) is 13.2. The molecule has 24 heavy (non-hydrogen) atoms. The van der Waals surface area contributed by atoms with Gasteiger partial charge in [-0.15, -0.1) is 0 Å². The average molecular weight is 338 g/mol. The maximum atomic E-state index is 12.1. The second kappa shape index (κ2) is 7.28. The molecule has 0 amide bonds. The lowest BCUT2D eigenvalue weighted by molar-refractivity contribution is 0.0734. The first-order chi connectivity index (χ1) is 11.7. The Bertz CT molecular complexity index is 825. The number of hydrogen-bond donors (Lipinski definition) is 0. The first-order valence-corrected chi connectivity index (χ1v) is 8.06. The SMILES string of the molecule is CCc1ccc(-c2ccc(C(=O)Oc3ccc(Cl)nc3)cc2)cc1. The molecule has 1 aromatic heterocycles. The first kappa shape index (κ1) is 16.2. The smallest absolute Gasteiger partial charge is 0.343 e. The summed E-state index contributed by atoms with van der Waals surface area (Å²) in [6, 6.07) is 18.9. The van der Waals surface area contributed by atoms with Crippen molar-refractivity contribution < 1.29 is 9.53 Å². The molecule has 0 fully saturated rings. The number of carbonyl (C=O) groups is 1. The van der Waals surface area contributed by atoms with Crippen molar-refractivity contribution in [2.75, 3.05) is 0 Å². The van der Waals surface area contributed by atoms with E-state index < -0.39 is 5.97 Å². The van der Waals surface area contributed by atoms with Crippen molar-refractivity contribution in [3.63, 3.8) is 0 Å². The van der Waals surface area contributed by atoms with Gasteiger partial charge in [0.15, 0.2) is 0 Å². The van der Waals surface area contributed by atoms with Crippen LogP contribution in [0.15, 0.2) is 66.9 Å². The number of carbonyl (C=O) groups excluding carboxylic acids is 1. The summed E-state index contributed by atoms with van der Waals surface area (Å²) < 4.78 is 5.27. The molecule has 4 heteroatoms. The third-order valence-electron chi connectivity index (χ3n) is 3.73. The van der Waals surface area contributed by atoms with Crippen LogP contribution in [0.5, 0.6) is 5.75 Å². The van der Waals surface area contributed by atoms with Gasteiger partial charge in [0, 0.05) is 0 Å². The van der Waals surface area contributed by atoms with Gasteiger partial charge in [0.1, 0.15) is 10.9 Å². The van der Waals surface area contributed by atoms with E-state index in [0.29, 0.717) is 16.5 Å². The van der Waals surface area contributed by atoms with Crippen molar-refractivity contribution in [2.24, 2.45) is 0 Å². The van der Waals surface area contributed by atoms with Crippen LogP contribution >= 0.6 is 11.6 Å². The summed E-state index contributed by atoms with van der Waals surface area (Å²) in [6.07, 6.45) is 2.44. The van der Waals surface area contributed by atoms with Crippen molar-refractivity contribution in [1.82, 2.24) is 4.98 Å². The van der Waals surface area contributed by atoms with Crippen molar-refractivity contribution in [2.45, 2.75) is 13.3 Å². The zero-order chi connectivity index (χ0) is 16.9. The van der Waals surface area contributed by atoms with E-state index in [9.17, 15) is 4.79 Å². The fourth-order valence-electron chi connectivity index (χ4n) is 2.32. The molecule has 0 saturated carbocycles. The maximum absolute atomic E-state index is 12.1. The normalized spacial score (nSPS) is 10.4. The number of rotatable bonds is 4. The van der Waals surface area contributed by atoms with Gasteiger partial charge in [-0.1, -0.05) is 54.9 Å². The molecule has 0 aliphatic carbocycles. The quantitative estimate of drug-likeness (QED) is 0.486. The Morgan fingerprint density at radius 3 is 2.12 bits per heavy atom. The van der Waals surface area contributed by atoms with E-state index in [1.54, 1.807) is 24.3 Å². The molecule has 3 aromatic rings. The summed E-state index contributed by atoms with van der Waals surface area (Å²) in [5.41, 5.74) is 3.96. The van der Waals surface area contributed by atoms with Gasteiger partial charge in [0.05, 0.1) is 11.8 Å². The predicted molar refractivity (Wildman–Crippen MR) is 95.5 cm³/mol. The van der Waals surface area contributed by atoms with Crippen molar-refractivity contribution in [3.8, 4) is 16.9 Å². The summed E-state index contributed by atoms with van der Waals surface area (Å²) in [7, 11) is 0. The third-order valence-corrected chi connectivity index (χ3v) is 3.95. The van der Waals surface area contributed by atoms with E-state index in [2.05, 4.69) is 36.2 Å². The molecule has 2 aromatic carbocycles. The molecular formula is C20H16ClNO2. The van der Waals surface area contributed by atoms with Crippen LogP contribution in [0, 0.1) is 0 Å². The average Bonchev–Trinajstić information content (AvgIpc) is 2.64. The van der Waals surface area contributed by atoms with Gasteiger partial charge in [-0.25, -0.2) is 9.78 Å². The monoisotopic (exact) mass is 337 g/mol. The topological polar surface area (TPSA) is 39.2 Å². The van der Waals surface area contributed by atoms with Gasteiger partial charge < -0.3 is 4.74 Å². The van der Waals surface area contributed by atoms with Crippen LogP contribution in [-0.4, -0.2) is 11.0 Å². The molecule has 3 nitrogen and oxygen atoms in total. The summed E-state index contributed by atoms with van der Waals surface area (Å²) in [6.45, 7) is 2.13. The van der Waals surface area contributed by atoms with E-state index in [0.717, 1.165) is 17.5 Å². The van der Waals surface area contributed by atoms with Crippen LogP contribution in [0.3, 0.4) is 0 Å². The number of hydrogen-bond acceptors (Lipinski definition) is 3. The Kier molecular flexibility index (Phi) is 4.92. The van der Waals surface area contributed by atoms with Crippen LogP contribution < -0.4 is 4.74 Å². The van der Waals surface area contributed by atoms with Crippen molar-refractivity contribution >= 4 is 17.6 Å². The number of aryl methyl sites for hydroxylation is 1. The highest BCUT2D eigenvalue weighted by Gasteiger charge is 2.09. The second-order valence-corrected chi connectivity index (χ2v) is 5.72. The fraction of sp³-hybridized carbons (Fsp3) is 0.100. The molecule has 0 spiro atoms. The Hall–Kier alpha value is -2.65. The third kappa shape index (κ3) is 3.81. The summed E-state index contributed by atoms with van der Waals surface area (Å²) in [5, 5.41) is 0.355. The Balaban J connectivity index is 1.73. The van der Waals surface area contributed by atoms with E-state index in [4.69, 9.17) is 16.3 Å². The lowest BCUT2D eigenvalue weighted by atomic mass is 10.0. The molecule has 0 atom stereocenters. The van der Waals surface area contributed by atoms with E-state index in [1.807, 2.05) is 12.1 Å². The van der Waals surface area contributed by atoms with Crippen molar-refractivity contribution in [1.29, 1.82) is 0 Å². The summed E-state index contributed by atoms with van der Waals surface area (Å²) >= 11 is 5.71. The van der Waals surface area contributed by atoms with Crippen LogP contribution in [0.4, 0.5) is 0 Å². The number of nitrogens with zero attached hydrogens (tertiary/aromatic N) is 1. The Morgan fingerprint density at radius 1 is 0.958 bits per heavy atom. The molecule has 0 unspecified atom stereocenters. The van der Waals surface area contributed by atoms with E-state index in [1.165, 1.54) is 11.8 Å². The number of halogens is 1. The molecule has 0 aliphatic heterocycles. The van der Waals surface area contributed by atoms with E-state index in [-0.39, 0.29) is 0 Å². The number of aromatic nitrogens is 1. The zero-order valence-corrected chi connectivity index (χ0v) is 14.0. The molecule has 0 N–H and O–H groups in total. The minimum atomic E-state index is -0.424. The number of benzene rings is 2.